The average Bonchev–Trinajstić information content (AvgIpc) is 2.77. The molecule has 7 nitrogen and oxygen atoms in total. The van der Waals surface area contributed by atoms with Gasteiger partial charge in [0, 0.05) is 52.7 Å². The third-order valence-electron chi connectivity index (χ3n) is 5.61. The van der Waals surface area contributed by atoms with Crippen LogP contribution in [0.25, 0.3) is 0 Å². The number of guanidine groups is 1. The van der Waals surface area contributed by atoms with Crippen LogP contribution in [0.2, 0.25) is 0 Å². The van der Waals surface area contributed by atoms with Crippen LogP contribution in [0.5, 0.6) is 0 Å². The molecule has 2 aliphatic heterocycles. The fourth-order valence-corrected chi connectivity index (χ4v) is 4.06. The van der Waals surface area contributed by atoms with Crippen LogP contribution in [0.15, 0.2) is 29.3 Å². The molecule has 0 spiro atoms. The lowest BCUT2D eigenvalue weighted by Gasteiger charge is -2.34. The molecule has 0 unspecified atom stereocenters. The molecular weight excluding hydrogens is 495 g/mol. The van der Waals surface area contributed by atoms with Gasteiger partial charge in [-0.3, -0.25) is 9.79 Å². The molecule has 2 aliphatic rings. The molecule has 0 atom stereocenters. The molecule has 168 valence electrons. The summed E-state index contributed by atoms with van der Waals surface area (Å²) >= 11 is 0. The number of fused-ring (bicyclic) bond motifs is 1. The van der Waals surface area contributed by atoms with Gasteiger partial charge in [0.2, 0.25) is 5.91 Å². The fourth-order valence-electron chi connectivity index (χ4n) is 4.06. The van der Waals surface area contributed by atoms with E-state index in [0.29, 0.717) is 6.10 Å². The van der Waals surface area contributed by atoms with Crippen molar-refractivity contribution < 1.29 is 14.3 Å². The smallest absolute Gasteiger partial charge is 0.246 e. The van der Waals surface area contributed by atoms with E-state index in [1.807, 2.05) is 23.1 Å². The summed E-state index contributed by atoms with van der Waals surface area (Å²) in [5, 5.41) is 3.27. The first-order valence-corrected chi connectivity index (χ1v) is 10.7. The molecule has 1 saturated heterocycles. The molecule has 0 aromatic heterocycles. The monoisotopic (exact) mass is 530 g/mol. The topological polar surface area (TPSA) is 66.4 Å². The van der Waals surface area contributed by atoms with E-state index in [0.717, 1.165) is 76.6 Å². The second-order valence-corrected chi connectivity index (χ2v) is 7.58. The normalized spacial score (nSPS) is 17.3. The first kappa shape index (κ1) is 24.9. The molecule has 0 radical (unpaired) electrons. The van der Waals surface area contributed by atoms with Gasteiger partial charge in [0.1, 0.15) is 0 Å². The predicted octanol–water partition coefficient (Wildman–Crippen LogP) is 2.68. The van der Waals surface area contributed by atoms with Crippen LogP contribution in [0.4, 0.5) is 5.69 Å². The van der Waals surface area contributed by atoms with Crippen molar-refractivity contribution in [3.8, 4) is 0 Å². The average molecular weight is 530 g/mol. The summed E-state index contributed by atoms with van der Waals surface area (Å²) in [6.45, 7) is 4.29. The summed E-state index contributed by atoms with van der Waals surface area (Å²) in [6.07, 6.45) is 5.23. The number of nitrogens with zero attached hydrogens (tertiary/aromatic N) is 3. The second kappa shape index (κ2) is 13.1. The molecule has 1 aromatic carbocycles. The number of halogens is 1. The summed E-state index contributed by atoms with van der Waals surface area (Å²) in [5.41, 5.74) is 2.30. The number of ether oxygens (including phenoxy) is 2. The van der Waals surface area contributed by atoms with E-state index < -0.39 is 0 Å². The molecular formula is C22H35IN4O3. The lowest BCUT2D eigenvalue weighted by molar-refractivity contribution is -0.117. The molecule has 2 heterocycles. The van der Waals surface area contributed by atoms with Crippen molar-refractivity contribution in [2.75, 3.05) is 58.5 Å². The lowest BCUT2D eigenvalue weighted by Crippen LogP contribution is -2.50. The van der Waals surface area contributed by atoms with Gasteiger partial charge < -0.3 is 24.6 Å². The van der Waals surface area contributed by atoms with Gasteiger partial charge in [-0.05, 0) is 43.7 Å². The number of piperidine rings is 1. The number of likely N-dealkylation sites (tertiary alicyclic amines) is 1. The summed E-state index contributed by atoms with van der Waals surface area (Å²) in [5.74, 6) is 0.885. The zero-order valence-corrected chi connectivity index (χ0v) is 20.5. The number of amides is 1. The van der Waals surface area contributed by atoms with Crippen LogP contribution in [-0.2, 0) is 20.7 Å². The number of para-hydroxylation sites is 1. The highest BCUT2D eigenvalue weighted by Crippen LogP contribution is 2.26. The largest absolute Gasteiger partial charge is 0.385 e. The van der Waals surface area contributed by atoms with Crippen LogP contribution >= 0.6 is 24.0 Å². The first-order valence-electron chi connectivity index (χ1n) is 10.7. The van der Waals surface area contributed by atoms with E-state index >= 15 is 0 Å². The van der Waals surface area contributed by atoms with E-state index in [1.165, 1.54) is 5.56 Å². The molecule has 0 saturated carbocycles. The molecule has 1 aromatic rings. The van der Waals surface area contributed by atoms with Gasteiger partial charge in [-0.1, -0.05) is 18.2 Å². The van der Waals surface area contributed by atoms with E-state index in [1.54, 1.807) is 14.2 Å². The minimum Gasteiger partial charge on any atom is -0.385 e. The Hall–Kier alpha value is -1.39. The van der Waals surface area contributed by atoms with Crippen molar-refractivity contribution in [3.05, 3.63) is 29.8 Å². The van der Waals surface area contributed by atoms with Crippen LogP contribution in [-0.4, -0.2) is 76.4 Å². The third kappa shape index (κ3) is 6.81. The van der Waals surface area contributed by atoms with E-state index in [2.05, 4.69) is 21.3 Å². The third-order valence-corrected chi connectivity index (χ3v) is 5.61. The Balaban J connectivity index is 0.00000320. The zero-order chi connectivity index (χ0) is 20.5. The Morgan fingerprint density at radius 1 is 1.20 bits per heavy atom. The number of carbonyl (C=O) groups is 1. The van der Waals surface area contributed by atoms with Gasteiger partial charge in [0.05, 0.1) is 12.6 Å². The molecule has 0 bridgehead atoms. The number of rotatable bonds is 7. The Labute approximate surface area is 197 Å². The van der Waals surface area contributed by atoms with E-state index in [9.17, 15) is 4.79 Å². The molecule has 1 amide bonds. The zero-order valence-electron chi connectivity index (χ0n) is 18.1. The Morgan fingerprint density at radius 3 is 2.70 bits per heavy atom. The quantitative estimate of drug-likeness (QED) is 0.254. The minimum atomic E-state index is 0. The van der Waals surface area contributed by atoms with Crippen molar-refractivity contribution in [1.29, 1.82) is 0 Å². The maximum Gasteiger partial charge on any atom is 0.246 e. The van der Waals surface area contributed by atoms with Crippen LogP contribution in [0.1, 0.15) is 31.2 Å². The second-order valence-electron chi connectivity index (χ2n) is 7.58. The highest BCUT2D eigenvalue weighted by molar-refractivity contribution is 14.0. The van der Waals surface area contributed by atoms with Gasteiger partial charge >= 0.3 is 0 Å². The van der Waals surface area contributed by atoms with Crippen molar-refractivity contribution in [2.45, 2.75) is 38.2 Å². The maximum atomic E-state index is 12.8. The molecule has 8 heteroatoms. The molecule has 0 aliphatic carbocycles. The Morgan fingerprint density at radius 2 is 1.97 bits per heavy atom. The number of carbonyl (C=O) groups excluding carboxylic acids is 1. The van der Waals surface area contributed by atoms with Crippen LogP contribution in [0.3, 0.4) is 0 Å². The number of methoxy groups -OCH3 is 1. The number of aryl methyl sites for hydroxylation is 1. The fraction of sp³-hybridized carbons (Fsp3) is 0.636. The standard InChI is InChI=1S/C22H34N4O3.HI/c1-23-22(25-13-10-19(11-14-25)29-16-6-15-28-2)24-17-21(27)26-12-5-8-18-7-3-4-9-20(18)26;/h3-4,7,9,19H,5-6,8,10-17H2,1-2H3,(H,23,24);1H. The summed E-state index contributed by atoms with van der Waals surface area (Å²) in [4.78, 5) is 21.4. The van der Waals surface area contributed by atoms with Gasteiger partial charge in [0.25, 0.3) is 0 Å². The van der Waals surface area contributed by atoms with Gasteiger partial charge in [-0.15, -0.1) is 24.0 Å². The Kier molecular flexibility index (Phi) is 10.9. The Bertz CT molecular complexity index is 693. The predicted molar refractivity (Wildman–Crippen MR) is 131 cm³/mol. The lowest BCUT2D eigenvalue weighted by atomic mass is 10.0. The number of aliphatic imine (C=N–C) groups is 1. The first-order chi connectivity index (χ1) is 14.2. The summed E-state index contributed by atoms with van der Waals surface area (Å²) < 4.78 is 11.0. The van der Waals surface area contributed by atoms with Crippen molar-refractivity contribution in [3.63, 3.8) is 0 Å². The van der Waals surface area contributed by atoms with Crippen LogP contribution in [0, 0.1) is 0 Å². The highest BCUT2D eigenvalue weighted by Gasteiger charge is 2.24. The molecule has 30 heavy (non-hydrogen) atoms. The van der Waals surface area contributed by atoms with Gasteiger partial charge in [0.15, 0.2) is 5.96 Å². The molecule has 1 fully saturated rings. The highest BCUT2D eigenvalue weighted by atomic mass is 127. The van der Waals surface area contributed by atoms with Crippen LogP contribution < -0.4 is 10.2 Å². The summed E-state index contributed by atoms with van der Waals surface area (Å²) in [6, 6.07) is 8.19. The van der Waals surface area contributed by atoms with E-state index in [4.69, 9.17) is 9.47 Å². The number of benzene rings is 1. The van der Waals surface area contributed by atoms with Crippen molar-refractivity contribution in [2.24, 2.45) is 4.99 Å². The van der Waals surface area contributed by atoms with Gasteiger partial charge in [-0.2, -0.15) is 0 Å². The van der Waals surface area contributed by atoms with Gasteiger partial charge in [-0.25, -0.2) is 0 Å². The molecule has 1 N–H and O–H groups in total. The SMILES string of the molecule is CN=C(NCC(=O)N1CCCc2ccccc21)N1CCC(OCCCOC)CC1.I. The van der Waals surface area contributed by atoms with E-state index in [-0.39, 0.29) is 36.4 Å². The van der Waals surface area contributed by atoms with Crippen molar-refractivity contribution >= 4 is 41.5 Å². The summed E-state index contributed by atoms with van der Waals surface area (Å²) in [7, 11) is 3.49. The maximum absolute atomic E-state index is 12.8. The van der Waals surface area contributed by atoms with Crippen molar-refractivity contribution in [1.82, 2.24) is 10.2 Å². The molecule has 3 rings (SSSR count). The number of hydrogen-bond donors (Lipinski definition) is 1. The minimum absolute atomic E-state index is 0. The number of nitrogens with one attached hydrogen (secondary N) is 1. The number of anilines is 1. The number of hydrogen-bond acceptors (Lipinski definition) is 4.